The normalized spacial score (nSPS) is 21.8. The molecule has 1 aromatic heterocycles. The number of benzene rings is 1. The van der Waals surface area contributed by atoms with Crippen LogP contribution in [-0.4, -0.2) is 23.6 Å². The molecule has 90 valence electrons. The highest BCUT2D eigenvalue weighted by Crippen LogP contribution is 2.29. The van der Waals surface area contributed by atoms with E-state index in [4.69, 9.17) is 4.74 Å². The van der Waals surface area contributed by atoms with Crippen LogP contribution in [0.5, 0.6) is 0 Å². The maximum absolute atomic E-state index is 5.43. The largest absolute Gasteiger partial charge is 0.381 e. The van der Waals surface area contributed by atoms with Gasteiger partial charge in [0.05, 0.1) is 12.1 Å². The minimum Gasteiger partial charge on any atom is -0.381 e. The van der Waals surface area contributed by atoms with Gasteiger partial charge in [0.1, 0.15) is 5.00 Å². The Morgan fingerprint density at radius 2 is 2.35 bits per heavy atom. The molecule has 3 rings (SSSR count). The average Bonchev–Trinajstić information content (AvgIpc) is 2.98. The summed E-state index contributed by atoms with van der Waals surface area (Å²) >= 11 is 1.55. The number of aromatic nitrogens is 1. The molecule has 2 heterocycles. The van der Waals surface area contributed by atoms with Crippen LogP contribution in [0.3, 0.4) is 0 Å². The van der Waals surface area contributed by atoms with E-state index in [0.29, 0.717) is 12.0 Å². The number of fused-ring (bicyclic) bond motifs is 1. The lowest BCUT2D eigenvalue weighted by Gasteiger charge is -2.19. The summed E-state index contributed by atoms with van der Waals surface area (Å²) in [7, 11) is 0. The van der Waals surface area contributed by atoms with E-state index >= 15 is 0 Å². The Morgan fingerprint density at radius 1 is 1.47 bits per heavy atom. The van der Waals surface area contributed by atoms with Crippen molar-refractivity contribution in [1.29, 1.82) is 0 Å². The maximum atomic E-state index is 5.43. The van der Waals surface area contributed by atoms with Gasteiger partial charge in [-0.15, -0.1) is 0 Å². The van der Waals surface area contributed by atoms with E-state index in [0.717, 1.165) is 25.2 Å². The zero-order chi connectivity index (χ0) is 11.7. The summed E-state index contributed by atoms with van der Waals surface area (Å²) in [5.74, 6) is 0.621. The Bertz CT molecular complexity index is 505. The fraction of sp³-hybridized carbons (Fsp3) is 0.462. The minimum atomic E-state index is 0.446. The van der Waals surface area contributed by atoms with Crippen molar-refractivity contribution in [2.45, 2.75) is 19.4 Å². The van der Waals surface area contributed by atoms with Crippen molar-refractivity contribution in [1.82, 2.24) is 4.37 Å². The first-order chi connectivity index (χ1) is 8.34. The number of nitrogens with one attached hydrogen (secondary N) is 1. The summed E-state index contributed by atoms with van der Waals surface area (Å²) in [6.07, 6.45) is 1.16. The molecule has 1 fully saturated rings. The Balaban J connectivity index is 1.80. The number of nitrogens with zero attached hydrogens (tertiary/aromatic N) is 1. The first-order valence-corrected chi connectivity index (χ1v) is 6.80. The van der Waals surface area contributed by atoms with Gasteiger partial charge in [-0.05, 0) is 37.0 Å². The summed E-state index contributed by atoms with van der Waals surface area (Å²) in [5.41, 5.74) is 1.08. The average molecular weight is 248 g/mol. The second kappa shape index (κ2) is 4.63. The third kappa shape index (κ3) is 2.15. The molecule has 17 heavy (non-hydrogen) atoms. The molecule has 1 aliphatic heterocycles. The van der Waals surface area contributed by atoms with E-state index in [1.165, 1.54) is 10.4 Å². The number of hydrogen-bond donors (Lipinski definition) is 1. The predicted molar refractivity (Wildman–Crippen MR) is 71.6 cm³/mol. The molecule has 2 unspecified atom stereocenters. The van der Waals surface area contributed by atoms with E-state index in [9.17, 15) is 0 Å². The molecule has 1 aliphatic rings. The molecule has 3 nitrogen and oxygen atoms in total. The molecule has 0 radical (unpaired) electrons. The number of anilines is 1. The molecular weight excluding hydrogens is 232 g/mol. The molecule has 2 atom stereocenters. The zero-order valence-corrected chi connectivity index (χ0v) is 10.7. The monoisotopic (exact) mass is 248 g/mol. The van der Waals surface area contributed by atoms with Crippen LogP contribution in [0.2, 0.25) is 0 Å². The molecule has 1 aromatic carbocycles. The van der Waals surface area contributed by atoms with Crippen LogP contribution in [0.4, 0.5) is 5.00 Å². The maximum Gasteiger partial charge on any atom is 0.117 e. The summed E-state index contributed by atoms with van der Waals surface area (Å²) in [6, 6.07) is 8.71. The second-order valence-electron chi connectivity index (χ2n) is 4.59. The van der Waals surface area contributed by atoms with Crippen LogP contribution in [0.25, 0.3) is 10.9 Å². The number of hydrogen-bond acceptors (Lipinski definition) is 4. The van der Waals surface area contributed by atoms with Crippen molar-refractivity contribution in [3.8, 4) is 0 Å². The zero-order valence-electron chi connectivity index (χ0n) is 9.85. The van der Waals surface area contributed by atoms with Gasteiger partial charge in [0, 0.05) is 24.0 Å². The molecule has 0 bridgehead atoms. The summed E-state index contributed by atoms with van der Waals surface area (Å²) in [4.78, 5) is 0. The van der Waals surface area contributed by atoms with Gasteiger partial charge >= 0.3 is 0 Å². The molecule has 4 heteroatoms. The molecule has 0 amide bonds. The van der Waals surface area contributed by atoms with Crippen molar-refractivity contribution in [2.24, 2.45) is 5.92 Å². The van der Waals surface area contributed by atoms with E-state index in [2.05, 4.69) is 34.8 Å². The number of ether oxygens (including phenoxy) is 1. The quantitative estimate of drug-likeness (QED) is 0.906. The van der Waals surface area contributed by atoms with E-state index in [1.807, 2.05) is 6.07 Å². The van der Waals surface area contributed by atoms with Crippen LogP contribution in [0.15, 0.2) is 24.3 Å². The van der Waals surface area contributed by atoms with Gasteiger partial charge in [-0.2, -0.15) is 4.37 Å². The SMILES string of the molecule is CC(Nc1snc2ccccc12)C1CCOC1. The molecule has 0 spiro atoms. The van der Waals surface area contributed by atoms with Gasteiger partial charge in [-0.25, -0.2) is 0 Å². The van der Waals surface area contributed by atoms with Crippen LogP contribution in [-0.2, 0) is 4.74 Å². The summed E-state index contributed by atoms with van der Waals surface area (Å²) in [6.45, 7) is 4.01. The molecule has 0 saturated carbocycles. The molecule has 1 saturated heterocycles. The Kier molecular flexibility index (Phi) is 2.99. The van der Waals surface area contributed by atoms with Gasteiger partial charge in [-0.3, -0.25) is 0 Å². The Labute approximate surface area is 105 Å². The van der Waals surface area contributed by atoms with E-state index in [1.54, 1.807) is 11.5 Å². The lowest BCUT2D eigenvalue weighted by Crippen LogP contribution is -2.25. The first kappa shape index (κ1) is 11.0. The standard InChI is InChI=1S/C13H16N2OS/c1-9(10-6-7-16-8-10)14-13-11-4-2-3-5-12(11)15-17-13/h2-5,9-10,14H,6-8H2,1H3. The highest BCUT2D eigenvalue weighted by molar-refractivity contribution is 7.11. The lowest BCUT2D eigenvalue weighted by molar-refractivity contribution is 0.183. The van der Waals surface area contributed by atoms with Crippen molar-refractivity contribution in [3.05, 3.63) is 24.3 Å². The third-order valence-electron chi connectivity index (χ3n) is 3.41. The Morgan fingerprint density at radius 3 is 3.18 bits per heavy atom. The summed E-state index contributed by atoms with van der Waals surface area (Å²) in [5, 5.41) is 5.99. The van der Waals surface area contributed by atoms with Crippen molar-refractivity contribution < 1.29 is 4.74 Å². The Hall–Kier alpha value is -1.13. The van der Waals surface area contributed by atoms with Crippen LogP contribution >= 0.6 is 11.5 Å². The fourth-order valence-electron chi connectivity index (χ4n) is 2.27. The van der Waals surface area contributed by atoms with Crippen molar-refractivity contribution in [2.75, 3.05) is 18.5 Å². The molecule has 0 aliphatic carbocycles. The first-order valence-electron chi connectivity index (χ1n) is 6.03. The van der Waals surface area contributed by atoms with Gasteiger partial charge in [0.2, 0.25) is 0 Å². The highest BCUT2D eigenvalue weighted by atomic mass is 32.1. The van der Waals surface area contributed by atoms with Gasteiger partial charge in [0.25, 0.3) is 0 Å². The number of rotatable bonds is 3. The summed E-state index contributed by atoms with van der Waals surface area (Å²) < 4.78 is 9.88. The topological polar surface area (TPSA) is 34.2 Å². The van der Waals surface area contributed by atoms with Crippen LogP contribution in [0, 0.1) is 5.92 Å². The van der Waals surface area contributed by atoms with Gasteiger partial charge < -0.3 is 10.1 Å². The lowest BCUT2D eigenvalue weighted by atomic mass is 10.0. The molecule has 2 aromatic rings. The third-order valence-corrected chi connectivity index (χ3v) is 4.22. The minimum absolute atomic E-state index is 0.446. The van der Waals surface area contributed by atoms with Crippen LogP contribution in [0.1, 0.15) is 13.3 Å². The van der Waals surface area contributed by atoms with E-state index in [-0.39, 0.29) is 0 Å². The van der Waals surface area contributed by atoms with Crippen molar-refractivity contribution >= 4 is 27.4 Å². The van der Waals surface area contributed by atoms with E-state index < -0.39 is 0 Å². The molecule has 1 N–H and O–H groups in total. The second-order valence-corrected chi connectivity index (χ2v) is 5.36. The van der Waals surface area contributed by atoms with Crippen LogP contribution < -0.4 is 5.32 Å². The smallest absolute Gasteiger partial charge is 0.117 e. The van der Waals surface area contributed by atoms with Crippen molar-refractivity contribution in [3.63, 3.8) is 0 Å². The fourth-order valence-corrected chi connectivity index (χ4v) is 3.12. The van der Waals surface area contributed by atoms with Gasteiger partial charge in [0.15, 0.2) is 0 Å². The van der Waals surface area contributed by atoms with Gasteiger partial charge in [-0.1, -0.05) is 12.1 Å². The molecular formula is C13H16N2OS. The predicted octanol–water partition coefficient (Wildman–Crippen LogP) is 3.13. The highest BCUT2D eigenvalue weighted by Gasteiger charge is 2.23.